The Balaban J connectivity index is 0.00000133. The molecular weight excluding hydrogens is 419 g/mol. The minimum Gasteiger partial charge on any atom is -1.00 e. The molecular formula is C14H12BrIN2O. The summed E-state index contributed by atoms with van der Waals surface area (Å²) >= 11 is 3.48. The van der Waals surface area contributed by atoms with Crippen molar-refractivity contribution in [2.24, 2.45) is 7.05 Å². The third kappa shape index (κ3) is 2.97. The molecule has 1 aromatic carbocycles. The van der Waals surface area contributed by atoms with Crippen molar-refractivity contribution < 1.29 is 33.0 Å². The van der Waals surface area contributed by atoms with Gasteiger partial charge in [0, 0.05) is 0 Å². The average molecular weight is 431 g/mol. The lowest BCUT2D eigenvalue weighted by Gasteiger charge is -1.94. The number of oxazole rings is 1. The van der Waals surface area contributed by atoms with Crippen LogP contribution in [0.25, 0.3) is 22.6 Å². The Morgan fingerprint density at radius 2 is 2.00 bits per heavy atom. The molecule has 0 saturated heterocycles. The molecule has 98 valence electrons. The fourth-order valence-electron chi connectivity index (χ4n) is 1.95. The molecule has 3 rings (SSSR count). The van der Waals surface area contributed by atoms with Crippen LogP contribution in [-0.4, -0.2) is 4.98 Å². The Hall–Kier alpha value is -0.950. The average Bonchev–Trinajstić information content (AvgIpc) is 2.70. The van der Waals surface area contributed by atoms with Gasteiger partial charge in [0.25, 0.3) is 0 Å². The van der Waals surface area contributed by atoms with Crippen molar-refractivity contribution in [2.45, 2.75) is 6.92 Å². The highest BCUT2D eigenvalue weighted by molar-refractivity contribution is 9.10. The maximum Gasteiger partial charge on any atom is 0.233 e. The Morgan fingerprint density at radius 1 is 1.21 bits per heavy atom. The van der Waals surface area contributed by atoms with Crippen LogP contribution in [0.2, 0.25) is 0 Å². The number of halogens is 2. The first-order chi connectivity index (χ1) is 8.61. The Morgan fingerprint density at radius 3 is 2.74 bits per heavy atom. The van der Waals surface area contributed by atoms with E-state index in [1.54, 1.807) is 0 Å². The highest BCUT2D eigenvalue weighted by Gasteiger charge is 2.12. The first-order valence-corrected chi connectivity index (χ1v) is 6.44. The van der Waals surface area contributed by atoms with Gasteiger partial charge in [-0.1, -0.05) is 6.07 Å². The van der Waals surface area contributed by atoms with Crippen LogP contribution >= 0.6 is 15.9 Å². The largest absolute Gasteiger partial charge is 1.00 e. The molecule has 3 nitrogen and oxygen atoms in total. The van der Waals surface area contributed by atoms with Gasteiger partial charge in [-0.05, 0) is 46.6 Å². The maximum atomic E-state index is 5.80. The highest BCUT2D eigenvalue weighted by Crippen LogP contribution is 2.25. The molecule has 0 radical (unpaired) electrons. The number of hydrogen-bond acceptors (Lipinski definition) is 2. The summed E-state index contributed by atoms with van der Waals surface area (Å²) in [6, 6.07) is 8.02. The van der Waals surface area contributed by atoms with Crippen molar-refractivity contribution >= 4 is 27.0 Å². The third-order valence-electron chi connectivity index (χ3n) is 2.75. The van der Waals surface area contributed by atoms with E-state index in [2.05, 4.69) is 20.9 Å². The van der Waals surface area contributed by atoms with Crippen molar-refractivity contribution in [3.8, 4) is 11.5 Å². The zero-order valence-corrected chi connectivity index (χ0v) is 14.3. The SMILES string of the molecule is Cc1ccc2nc(-c3cc(Br)c[n+](C)c3)oc2c1.[I-]. The lowest BCUT2D eigenvalue weighted by molar-refractivity contribution is -0.671. The molecule has 0 bridgehead atoms. The number of hydrogen-bond donors (Lipinski definition) is 0. The molecule has 2 aromatic heterocycles. The second kappa shape index (κ2) is 5.58. The number of fused-ring (bicyclic) bond motifs is 1. The molecule has 0 atom stereocenters. The molecule has 2 heterocycles. The van der Waals surface area contributed by atoms with Crippen LogP contribution in [0.1, 0.15) is 5.56 Å². The molecule has 3 aromatic rings. The van der Waals surface area contributed by atoms with Gasteiger partial charge in [-0.25, -0.2) is 9.55 Å². The van der Waals surface area contributed by atoms with E-state index < -0.39 is 0 Å². The Labute approximate surface area is 136 Å². The Bertz CT molecular complexity index is 719. The van der Waals surface area contributed by atoms with E-state index in [1.807, 2.05) is 55.2 Å². The normalized spacial score (nSPS) is 10.5. The minimum absolute atomic E-state index is 0. The van der Waals surface area contributed by atoms with Crippen LogP contribution in [0.5, 0.6) is 0 Å². The van der Waals surface area contributed by atoms with Crippen molar-refractivity contribution in [1.29, 1.82) is 0 Å². The predicted octanol–water partition coefficient (Wildman–Crippen LogP) is 0.394. The minimum atomic E-state index is 0. The summed E-state index contributed by atoms with van der Waals surface area (Å²) in [5.41, 5.74) is 3.84. The number of aryl methyl sites for hydroxylation is 2. The summed E-state index contributed by atoms with van der Waals surface area (Å²) in [7, 11) is 1.97. The van der Waals surface area contributed by atoms with Gasteiger partial charge in [-0.15, -0.1) is 0 Å². The lowest BCUT2D eigenvalue weighted by Crippen LogP contribution is -3.00. The Kier molecular flexibility index (Phi) is 4.25. The molecule has 0 saturated carbocycles. The van der Waals surface area contributed by atoms with E-state index in [0.717, 1.165) is 21.1 Å². The summed E-state index contributed by atoms with van der Waals surface area (Å²) in [5, 5.41) is 0. The van der Waals surface area contributed by atoms with Crippen LogP contribution in [-0.2, 0) is 7.05 Å². The van der Waals surface area contributed by atoms with Gasteiger partial charge in [0.1, 0.15) is 18.1 Å². The number of rotatable bonds is 1. The fourth-order valence-corrected chi connectivity index (χ4v) is 2.52. The molecule has 19 heavy (non-hydrogen) atoms. The standard InChI is InChI=1S/C14H12BrN2O.HI/c1-9-3-4-12-13(5-9)18-14(16-12)10-6-11(15)8-17(2)7-10;/h3-8H,1-2H3;1H/q+1;/p-1. The monoisotopic (exact) mass is 430 g/mol. The van der Waals surface area contributed by atoms with Crippen LogP contribution in [0.3, 0.4) is 0 Å². The topological polar surface area (TPSA) is 29.9 Å². The van der Waals surface area contributed by atoms with E-state index in [1.165, 1.54) is 5.56 Å². The van der Waals surface area contributed by atoms with E-state index >= 15 is 0 Å². The summed E-state index contributed by atoms with van der Waals surface area (Å²) < 4.78 is 8.77. The van der Waals surface area contributed by atoms with Crippen LogP contribution in [0.4, 0.5) is 0 Å². The quantitative estimate of drug-likeness (QED) is 0.413. The molecule has 0 aliphatic carbocycles. The van der Waals surface area contributed by atoms with Crippen LogP contribution in [0.15, 0.2) is 45.5 Å². The molecule has 0 fully saturated rings. The third-order valence-corrected chi connectivity index (χ3v) is 3.19. The zero-order valence-electron chi connectivity index (χ0n) is 10.5. The number of pyridine rings is 1. The molecule has 0 spiro atoms. The van der Waals surface area contributed by atoms with Gasteiger partial charge in [0.15, 0.2) is 18.0 Å². The van der Waals surface area contributed by atoms with Crippen LogP contribution in [0, 0.1) is 6.92 Å². The summed E-state index contributed by atoms with van der Waals surface area (Å²) in [5.74, 6) is 0.646. The first kappa shape index (κ1) is 14.5. The zero-order chi connectivity index (χ0) is 12.7. The van der Waals surface area contributed by atoms with Gasteiger partial charge >= 0.3 is 0 Å². The van der Waals surface area contributed by atoms with Gasteiger partial charge in [0.05, 0.1) is 4.47 Å². The van der Waals surface area contributed by atoms with E-state index in [0.29, 0.717) is 5.89 Å². The molecule has 0 N–H and O–H groups in total. The molecule has 0 unspecified atom stereocenters. The summed E-state index contributed by atoms with van der Waals surface area (Å²) in [6.07, 6.45) is 3.97. The summed E-state index contributed by atoms with van der Waals surface area (Å²) in [4.78, 5) is 4.51. The molecule has 0 aliphatic heterocycles. The van der Waals surface area contributed by atoms with Crippen molar-refractivity contribution in [1.82, 2.24) is 4.98 Å². The van der Waals surface area contributed by atoms with E-state index in [9.17, 15) is 0 Å². The second-order valence-corrected chi connectivity index (χ2v) is 5.31. The molecule has 5 heteroatoms. The summed E-state index contributed by atoms with van der Waals surface area (Å²) in [6.45, 7) is 2.04. The fraction of sp³-hybridized carbons (Fsp3) is 0.143. The van der Waals surface area contributed by atoms with Crippen LogP contribution < -0.4 is 28.5 Å². The van der Waals surface area contributed by atoms with Gasteiger partial charge < -0.3 is 28.4 Å². The van der Waals surface area contributed by atoms with E-state index in [4.69, 9.17) is 4.42 Å². The maximum absolute atomic E-state index is 5.80. The predicted molar refractivity (Wildman–Crippen MR) is 73.1 cm³/mol. The number of aromatic nitrogens is 2. The van der Waals surface area contributed by atoms with Gasteiger partial charge in [-0.2, -0.15) is 0 Å². The lowest BCUT2D eigenvalue weighted by atomic mass is 10.2. The highest BCUT2D eigenvalue weighted by atomic mass is 127. The second-order valence-electron chi connectivity index (χ2n) is 4.40. The van der Waals surface area contributed by atoms with E-state index in [-0.39, 0.29) is 24.0 Å². The smallest absolute Gasteiger partial charge is 0.233 e. The van der Waals surface area contributed by atoms with Crippen molar-refractivity contribution in [3.05, 3.63) is 46.7 Å². The van der Waals surface area contributed by atoms with Crippen molar-refractivity contribution in [3.63, 3.8) is 0 Å². The first-order valence-electron chi connectivity index (χ1n) is 5.65. The molecule has 0 amide bonds. The number of benzene rings is 1. The van der Waals surface area contributed by atoms with Gasteiger partial charge in [-0.3, -0.25) is 0 Å². The molecule has 0 aliphatic rings. The number of nitrogens with zero attached hydrogens (tertiary/aromatic N) is 2. The van der Waals surface area contributed by atoms with Crippen molar-refractivity contribution in [2.75, 3.05) is 0 Å². The van der Waals surface area contributed by atoms with Gasteiger partial charge in [0.2, 0.25) is 5.89 Å².